The van der Waals surface area contributed by atoms with E-state index in [0.29, 0.717) is 5.56 Å². The van der Waals surface area contributed by atoms with Crippen LogP contribution in [0.5, 0.6) is 0 Å². The lowest BCUT2D eigenvalue weighted by Gasteiger charge is -2.20. The first-order chi connectivity index (χ1) is 9.09. The van der Waals surface area contributed by atoms with Crippen LogP contribution in [0.15, 0.2) is 18.2 Å². The molecule has 0 heterocycles. The summed E-state index contributed by atoms with van der Waals surface area (Å²) in [5, 5.41) is 0.0652. The smallest absolute Gasteiger partial charge is 0.145 e. The van der Waals surface area contributed by atoms with Gasteiger partial charge in [0.05, 0.1) is 5.02 Å². The molecule has 1 fully saturated rings. The number of halogens is 2. The van der Waals surface area contributed by atoms with Crippen LogP contribution in [0.25, 0.3) is 0 Å². The van der Waals surface area contributed by atoms with Crippen molar-refractivity contribution in [1.29, 1.82) is 0 Å². The Balaban J connectivity index is 2.09. The number of rotatable bonds is 3. The minimum Gasteiger partial charge on any atom is -0.327 e. The van der Waals surface area contributed by atoms with Gasteiger partial charge in [-0.15, -0.1) is 0 Å². The van der Waals surface area contributed by atoms with Gasteiger partial charge in [0.2, 0.25) is 0 Å². The average Bonchev–Trinajstić information content (AvgIpc) is 2.59. The number of benzene rings is 1. The van der Waals surface area contributed by atoms with E-state index in [9.17, 15) is 9.18 Å². The molecular formula is C15H19ClFNO. The van der Waals surface area contributed by atoms with Crippen molar-refractivity contribution in [2.24, 2.45) is 11.7 Å². The topological polar surface area (TPSA) is 43.1 Å². The largest absolute Gasteiger partial charge is 0.327 e. The second-order valence-electron chi connectivity index (χ2n) is 5.26. The van der Waals surface area contributed by atoms with Gasteiger partial charge in [0, 0.05) is 18.4 Å². The third-order valence-corrected chi connectivity index (χ3v) is 4.17. The van der Waals surface area contributed by atoms with Crippen molar-refractivity contribution in [3.63, 3.8) is 0 Å². The van der Waals surface area contributed by atoms with Crippen LogP contribution in [0, 0.1) is 11.7 Å². The SMILES string of the molecule is NC1CCCCCC1C(=O)Cc1cccc(Cl)c1F. The number of nitrogens with two attached hydrogens (primary N) is 1. The first-order valence-corrected chi connectivity index (χ1v) is 7.18. The van der Waals surface area contributed by atoms with Gasteiger partial charge in [-0.05, 0) is 24.5 Å². The molecule has 0 aromatic heterocycles. The van der Waals surface area contributed by atoms with Crippen molar-refractivity contribution in [3.05, 3.63) is 34.6 Å². The highest BCUT2D eigenvalue weighted by Gasteiger charge is 2.27. The van der Waals surface area contributed by atoms with E-state index >= 15 is 0 Å². The van der Waals surface area contributed by atoms with Crippen LogP contribution in [-0.4, -0.2) is 11.8 Å². The molecule has 1 aliphatic rings. The Morgan fingerprint density at radius 1 is 1.32 bits per heavy atom. The summed E-state index contributed by atoms with van der Waals surface area (Å²) in [7, 11) is 0. The van der Waals surface area contributed by atoms with Gasteiger partial charge in [-0.2, -0.15) is 0 Å². The molecule has 0 saturated heterocycles. The molecule has 0 radical (unpaired) electrons. The zero-order chi connectivity index (χ0) is 13.8. The molecule has 1 aromatic carbocycles. The van der Waals surface area contributed by atoms with E-state index in [1.54, 1.807) is 12.1 Å². The molecule has 2 unspecified atom stereocenters. The summed E-state index contributed by atoms with van der Waals surface area (Å²) in [5.74, 6) is -0.587. The fourth-order valence-corrected chi connectivity index (χ4v) is 2.93. The van der Waals surface area contributed by atoms with Crippen molar-refractivity contribution < 1.29 is 9.18 Å². The van der Waals surface area contributed by atoms with Crippen LogP contribution in [0.3, 0.4) is 0 Å². The van der Waals surface area contributed by atoms with E-state index in [2.05, 4.69) is 0 Å². The van der Waals surface area contributed by atoms with Crippen molar-refractivity contribution in [3.8, 4) is 0 Å². The van der Waals surface area contributed by atoms with E-state index in [0.717, 1.165) is 32.1 Å². The van der Waals surface area contributed by atoms with Crippen LogP contribution in [0.4, 0.5) is 4.39 Å². The van der Waals surface area contributed by atoms with Crippen LogP contribution < -0.4 is 5.73 Å². The molecule has 0 aliphatic heterocycles. The number of Topliss-reactive ketones (excluding diaryl/α,β-unsaturated/α-hetero) is 1. The molecule has 4 heteroatoms. The lowest BCUT2D eigenvalue weighted by Crippen LogP contribution is -2.35. The Hall–Kier alpha value is -0.930. The number of carbonyl (C=O) groups excluding carboxylic acids is 1. The Morgan fingerprint density at radius 3 is 2.84 bits per heavy atom. The van der Waals surface area contributed by atoms with Gasteiger partial charge in [0.1, 0.15) is 11.6 Å². The van der Waals surface area contributed by atoms with Crippen LogP contribution in [0.2, 0.25) is 5.02 Å². The molecule has 19 heavy (non-hydrogen) atoms. The summed E-state index contributed by atoms with van der Waals surface area (Å²) < 4.78 is 13.8. The highest BCUT2D eigenvalue weighted by Crippen LogP contribution is 2.25. The predicted octanol–water partition coefficient (Wildman–Crippen LogP) is 3.50. The molecule has 2 N–H and O–H groups in total. The normalized spacial score (nSPS) is 23.9. The summed E-state index contributed by atoms with van der Waals surface area (Å²) in [6, 6.07) is 4.68. The number of carbonyl (C=O) groups is 1. The van der Waals surface area contributed by atoms with Crippen LogP contribution >= 0.6 is 11.6 Å². The fourth-order valence-electron chi connectivity index (χ4n) is 2.74. The molecule has 2 atom stereocenters. The molecule has 0 amide bonds. The number of ketones is 1. The van der Waals surface area contributed by atoms with Crippen LogP contribution in [-0.2, 0) is 11.2 Å². The van der Waals surface area contributed by atoms with Crippen molar-refractivity contribution in [2.75, 3.05) is 0 Å². The molecule has 104 valence electrons. The first kappa shape index (κ1) is 14.5. The average molecular weight is 284 g/mol. The Labute approximate surface area is 118 Å². The summed E-state index contributed by atoms with van der Waals surface area (Å²) in [6.45, 7) is 0. The molecule has 0 bridgehead atoms. The molecule has 2 nitrogen and oxygen atoms in total. The van der Waals surface area contributed by atoms with Gasteiger partial charge in [-0.1, -0.05) is 43.0 Å². The van der Waals surface area contributed by atoms with Crippen LogP contribution in [0.1, 0.15) is 37.7 Å². The fraction of sp³-hybridized carbons (Fsp3) is 0.533. The van der Waals surface area contributed by atoms with Gasteiger partial charge in [0.25, 0.3) is 0 Å². The number of hydrogen-bond donors (Lipinski definition) is 1. The zero-order valence-electron chi connectivity index (χ0n) is 10.9. The highest BCUT2D eigenvalue weighted by atomic mass is 35.5. The Morgan fingerprint density at radius 2 is 2.05 bits per heavy atom. The van der Waals surface area contributed by atoms with E-state index in [1.807, 2.05) is 0 Å². The monoisotopic (exact) mass is 283 g/mol. The maximum Gasteiger partial charge on any atom is 0.145 e. The molecular weight excluding hydrogens is 265 g/mol. The molecule has 2 rings (SSSR count). The quantitative estimate of drug-likeness (QED) is 0.863. The number of hydrogen-bond acceptors (Lipinski definition) is 2. The molecule has 1 aromatic rings. The van der Waals surface area contributed by atoms with Gasteiger partial charge < -0.3 is 5.73 Å². The van der Waals surface area contributed by atoms with Gasteiger partial charge in [0.15, 0.2) is 0 Å². The predicted molar refractivity (Wildman–Crippen MR) is 74.7 cm³/mol. The second kappa shape index (κ2) is 6.49. The summed E-state index contributed by atoms with van der Waals surface area (Å²) >= 11 is 5.73. The van der Waals surface area contributed by atoms with Crippen molar-refractivity contribution >= 4 is 17.4 Å². The minimum atomic E-state index is -0.486. The first-order valence-electron chi connectivity index (χ1n) is 6.81. The van der Waals surface area contributed by atoms with Crippen molar-refractivity contribution in [2.45, 2.75) is 44.6 Å². The summed E-state index contributed by atoms with van der Waals surface area (Å²) in [6.07, 6.45) is 5.03. The lowest BCUT2D eigenvalue weighted by molar-refractivity contribution is -0.123. The van der Waals surface area contributed by atoms with Gasteiger partial charge in [-0.25, -0.2) is 4.39 Å². The van der Waals surface area contributed by atoms with E-state index in [-0.39, 0.29) is 29.2 Å². The highest BCUT2D eigenvalue weighted by molar-refractivity contribution is 6.30. The van der Waals surface area contributed by atoms with Crippen molar-refractivity contribution in [1.82, 2.24) is 0 Å². The summed E-state index contributed by atoms with van der Waals surface area (Å²) in [4.78, 5) is 12.3. The molecule has 0 spiro atoms. The molecule has 1 aliphatic carbocycles. The minimum absolute atomic E-state index is 0.0376. The second-order valence-corrected chi connectivity index (χ2v) is 5.67. The third kappa shape index (κ3) is 3.54. The van der Waals surface area contributed by atoms with E-state index in [1.165, 1.54) is 6.07 Å². The third-order valence-electron chi connectivity index (χ3n) is 3.88. The lowest BCUT2D eigenvalue weighted by atomic mass is 9.88. The maximum absolute atomic E-state index is 13.8. The Bertz CT molecular complexity index is 463. The van der Waals surface area contributed by atoms with E-state index in [4.69, 9.17) is 17.3 Å². The maximum atomic E-state index is 13.8. The summed E-state index contributed by atoms with van der Waals surface area (Å²) in [5.41, 5.74) is 6.43. The zero-order valence-corrected chi connectivity index (χ0v) is 11.6. The van der Waals surface area contributed by atoms with Gasteiger partial charge >= 0.3 is 0 Å². The van der Waals surface area contributed by atoms with E-state index < -0.39 is 5.82 Å². The molecule has 1 saturated carbocycles. The van der Waals surface area contributed by atoms with Gasteiger partial charge in [-0.3, -0.25) is 4.79 Å². The Kier molecular flexibility index (Phi) is 4.94. The standard InChI is InChI=1S/C15H19ClFNO/c16-12-7-4-5-10(15(12)17)9-14(19)11-6-2-1-3-8-13(11)18/h4-5,7,11,13H,1-3,6,8-9,18H2.